The fourth-order valence-electron chi connectivity index (χ4n) is 2.18. The van der Waals surface area contributed by atoms with E-state index < -0.39 is 0 Å². The molecule has 0 aromatic heterocycles. The molecule has 0 bridgehead atoms. The zero-order valence-corrected chi connectivity index (χ0v) is 11.2. The van der Waals surface area contributed by atoms with Crippen molar-refractivity contribution < 1.29 is 9.53 Å². The predicted molar refractivity (Wildman–Crippen MR) is 68.7 cm³/mol. The number of rotatable bonds is 6. The third kappa shape index (κ3) is 5.04. The van der Waals surface area contributed by atoms with Crippen LogP contribution in [0.3, 0.4) is 0 Å². The Morgan fingerprint density at radius 2 is 2.29 bits per heavy atom. The summed E-state index contributed by atoms with van der Waals surface area (Å²) in [6, 6.07) is 0.236. The topological polar surface area (TPSA) is 55.6 Å². The minimum atomic E-state index is 0.208. The molecule has 2 unspecified atom stereocenters. The van der Waals surface area contributed by atoms with Gasteiger partial charge in [-0.25, -0.2) is 0 Å². The summed E-state index contributed by atoms with van der Waals surface area (Å²) >= 11 is 0. The first-order valence-corrected chi connectivity index (χ1v) is 6.72. The smallest absolute Gasteiger partial charge is 0.222 e. The van der Waals surface area contributed by atoms with Crippen LogP contribution >= 0.6 is 0 Å². The predicted octanol–water partition coefficient (Wildman–Crippen LogP) is 1.53. The van der Waals surface area contributed by atoms with Crippen molar-refractivity contribution in [3.63, 3.8) is 0 Å². The average Bonchev–Trinajstić information content (AvgIpc) is 2.36. The number of carbonyl (C=O) groups excluding carboxylic acids is 1. The summed E-state index contributed by atoms with van der Waals surface area (Å²) in [5.74, 6) is 0.208. The van der Waals surface area contributed by atoms with E-state index in [0.29, 0.717) is 19.1 Å². The molecule has 0 saturated carbocycles. The molecule has 1 saturated heterocycles. The Balaban J connectivity index is 2.23. The minimum Gasteiger partial charge on any atom is -0.378 e. The second-order valence-corrected chi connectivity index (χ2v) is 4.96. The Labute approximate surface area is 104 Å². The van der Waals surface area contributed by atoms with E-state index >= 15 is 0 Å². The molecule has 1 rings (SSSR count). The number of hydrogen-bond donors (Lipinski definition) is 1. The molecule has 0 aromatic rings. The highest BCUT2D eigenvalue weighted by atomic mass is 16.5. The van der Waals surface area contributed by atoms with Crippen LogP contribution in [0.2, 0.25) is 0 Å². The molecule has 1 amide bonds. The number of carbonyl (C=O) groups is 1. The van der Waals surface area contributed by atoms with E-state index in [4.69, 9.17) is 10.5 Å². The van der Waals surface area contributed by atoms with Crippen molar-refractivity contribution in [2.45, 2.75) is 57.6 Å². The summed E-state index contributed by atoms with van der Waals surface area (Å²) in [5, 5.41) is 0. The minimum absolute atomic E-state index is 0.208. The zero-order chi connectivity index (χ0) is 12.7. The number of amides is 1. The van der Waals surface area contributed by atoms with E-state index in [0.717, 1.165) is 32.3 Å². The van der Waals surface area contributed by atoms with E-state index in [2.05, 4.69) is 0 Å². The van der Waals surface area contributed by atoms with Crippen LogP contribution in [0, 0.1) is 0 Å². The Hall–Kier alpha value is -0.610. The van der Waals surface area contributed by atoms with Gasteiger partial charge in [-0.2, -0.15) is 0 Å². The van der Waals surface area contributed by atoms with Gasteiger partial charge in [0.2, 0.25) is 5.91 Å². The molecular weight excluding hydrogens is 216 g/mol. The molecule has 1 fully saturated rings. The van der Waals surface area contributed by atoms with Crippen LogP contribution in [0.5, 0.6) is 0 Å². The molecule has 0 aliphatic carbocycles. The molecule has 4 heteroatoms. The lowest BCUT2D eigenvalue weighted by Crippen LogP contribution is -2.36. The molecular formula is C13H26N2O2. The molecule has 4 nitrogen and oxygen atoms in total. The van der Waals surface area contributed by atoms with E-state index in [-0.39, 0.29) is 11.9 Å². The standard InChI is InChI=1S/C13H26N2O2/c1-11(8-9-14)15(2)13(16)7-6-12-5-3-4-10-17-12/h11-12H,3-10,14H2,1-2H3. The maximum Gasteiger partial charge on any atom is 0.222 e. The van der Waals surface area contributed by atoms with Crippen molar-refractivity contribution in [3.05, 3.63) is 0 Å². The molecule has 1 aliphatic heterocycles. The summed E-state index contributed by atoms with van der Waals surface area (Å²) in [6.45, 7) is 3.53. The SMILES string of the molecule is CC(CCN)N(C)C(=O)CCC1CCCCO1. The van der Waals surface area contributed by atoms with E-state index in [1.165, 1.54) is 6.42 Å². The Kier molecular flexibility index (Phi) is 6.52. The number of hydrogen-bond acceptors (Lipinski definition) is 3. The molecule has 0 spiro atoms. The van der Waals surface area contributed by atoms with Gasteiger partial charge in [0.15, 0.2) is 0 Å². The lowest BCUT2D eigenvalue weighted by Gasteiger charge is -2.26. The van der Waals surface area contributed by atoms with Crippen molar-refractivity contribution >= 4 is 5.91 Å². The molecule has 1 aliphatic rings. The van der Waals surface area contributed by atoms with Crippen LogP contribution in [0.25, 0.3) is 0 Å². The van der Waals surface area contributed by atoms with Crippen LogP contribution in [0.1, 0.15) is 45.4 Å². The lowest BCUT2D eigenvalue weighted by atomic mass is 10.0. The average molecular weight is 242 g/mol. The van der Waals surface area contributed by atoms with Crippen molar-refractivity contribution in [1.29, 1.82) is 0 Å². The molecule has 100 valence electrons. The van der Waals surface area contributed by atoms with Gasteiger partial charge in [0, 0.05) is 26.1 Å². The van der Waals surface area contributed by atoms with Crippen molar-refractivity contribution in [2.24, 2.45) is 5.73 Å². The fraction of sp³-hybridized carbons (Fsp3) is 0.923. The summed E-state index contributed by atoms with van der Waals surface area (Å²) in [7, 11) is 1.87. The van der Waals surface area contributed by atoms with Crippen LogP contribution < -0.4 is 5.73 Å². The van der Waals surface area contributed by atoms with Crippen LogP contribution in [0.4, 0.5) is 0 Å². The second kappa shape index (κ2) is 7.67. The van der Waals surface area contributed by atoms with Gasteiger partial charge in [-0.1, -0.05) is 0 Å². The third-order valence-electron chi connectivity index (χ3n) is 3.59. The number of nitrogens with zero attached hydrogens (tertiary/aromatic N) is 1. The van der Waals surface area contributed by atoms with Gasteiger partial charge in [0.1, 0.15) is 0 Å². The number of ether oxygens (including phenoxy) is 1. The first-order valence-electron chi connectivity index (χ1n) is 6.72. The Morgan fingerprint density at radius 3 is 2.88 bits per heavy atom. The summed E-state index contributed by atoms with van der Waals surface area (Å²) < 4.78 is 5.63. The first-order chi connectivity index (χ1) is 8.15. The summed E-state index contributed by atoms with van der Waals surface area (Å²) in [6.07, 6.45) is 6.12. The van der Waals surface area contributed by atoms with Gasteiger partial charge in [0.25, 0.3) is 0 Å². The number of nitrogens with two attached hydrogens (primary N) is 1. The largest absolute Gasteiger partial charge is 0.378 e. The third-order valence-corrected chi connectivity index (χ3v) is 3.59. The van der Waals surface area contributed by atoms with E-state index in [1.54, 1.807) is 0 Å². The lowest BCUT2D eigenvalue weighted by molar-refractivity contribution is -0.132. The molecule has 0 aromatic carbocycles. The molecule has 0 radical (unpaired) electrons. The van der Waals surface area contributed by atoms with Crippen molar-refractivity contribution in [2.75, 3.05) is 20.2 Å². The first kappa shape index (κ1) is 14.5. The summed E-state index contributed by atoms with van der Waals surface area (Å²) in [5.41, 5.74) is 5.50. The normalized spacial score (nSPS) is 22.2. The maximum atomic E-state index is 11.9. The highest BCUT2D eigenvalue weighted by molar-refractivity contribution is 5.76. The van der Waals surface area contributed by atoms with Crippen molar-refractivity contribution in [1.82, 2.24) is 4.90 Å². The maximum absolute atomic E-state index is 11.9. The van der Waals surface area contributed by atoms with Gasteiger partial charge in [-0.3, -0.25) is 4.79 Å². The van der Waals surface area contributed by atoms with Crippen LogP contribution in [-0.4, -0.2) is 43.2 Å². The van der Waals surface area contributed by atoms with Crippen molar-refractivity contribution in [3.8, 4) is 0 Å². The Bertz CT molecular complexity index is 227. The van der Waals surface area contributed by atoms with Crippen LogP contribution in [0.15, 0.2) is 0 Å². The second-order valence-electron chi connectivity index (χ2n) is 4.96. The summed E-state index contributed by atoms with van der Waals surface area (Å²) in [4.78, 5) is 13.7. The van der Waals surface area contributed by atoms with Gasteiger partial charge < -0.3 is 15.4 Å². The van der Waals surface area contributed by atoms with Gasteiger partial charge in [-0.15, -0.1) is 0 Å². The molecule has 17 heavy (non-hydrogen) atoms. The quantitative estimate of drug-likeness (QED) is 0.768. The van der Waals surface area contributed by atoms with Gasteiger partial charge in [0.05, 0.1) is 6.10 Å². The molecule has 2 N–H and O–H groups in total. The fourth-order valence-corrected chi connectivity index (χ4v) is 2.18. The molecule has 2 atom stereocenters. The van der Waals surface area contributed by atoms with E-state index in [1.807, 2.05) is 18.9 Å². The monoisotopic (exact) mass is 242 g/mol. The highest BCUT2D eigenvalue weighted by Gasteiger charge is 2.19. The highest BCUT2D eigenvalue weighted by Crippen LogP contribution is 2.17. The van der Waals surface area contributed by atoms with Gasteiger partial charge >= 0.3 is 0 Å². The van der Waals surface area contributed by atoms with Gasteiger partial charge in [-0.05, 0) is 45.6 Å². The molecule has 1 heterocycles. The van der Waals surface area contributed by atoms with Crippen LogP contribution in [-0.2, 0) is 9.53 Å². The zero-order valence-electron chi connectivity index (χ0n) is 11.2. The Morgan fingerprint density at radius 1 is 1.53 bits per heavy atom. The van der Waals surface area contributed by atoms with E-state index in [9.17, 15) is 4.79 Å².